The maximum absolute atomic E-state index is 11.9. The SMILES string of the molecule is O=c1c(I)c(I)cnn1C1CCCCO1. The summed E-state index contributed by atoms with van der Waals surface area (Å²) in [6, 6.07) is 0. The quantitative estimate of drug-likeness (QED) is 0.640. The highest BCUT2D eigenvalue weighted by atomic mass is 127. The van der Waals surface area contributed by atoms with Crippen molar-refractivity contribution in [2.45, 2.75) is 25.5 Å². The Bertz CT molecular complexity index is 413. The maximum atomic E-state index is 11.9. The Hall–Kier alpha value is 0.300. The summed E-state index contributed by atoms with van der Waals surface area (Å²) in [6.07, 6.45) is 4.59. The lowest BCUT2D eigenvalue weighted by Crippen LogP contribution is -2.32. The van der Waals surface area contributed by atoms with Gasteiger partial charge in [0.2, 0.25) is 0 Å². The summed E-state index contributed by atoms with van der Waals surface area (Å²) in [6.45, 7) is 0.724. The molecule has 15 heavy (non-hydrogen) atoms. The van der Waals surface area contributed by atoms with Crippen LogP contribution in [-0.2, 0) is 4.74 Å². The Morgan fingerprint density at radius 2 is 2.27 bits per heavy atom. The molecule has 1 saturated heterocycles. The van der Waals surface area contributed by atoms with E-state index in [9.17, 15) is 4.79 Å². The van der Waals surface area contributed by atoms with Crippen molar-refractivity contribution in [3.8, 4) is 0 Å². The summed E-state index contributed by atoms with van der Waals surface area (Å²) >= 11 is 4.17. The van der Waals surface area contributed by atoms with Gasteiger partial charge in [-0.3, -0.25) is 4.79 Å². The fourth-order valence-corrected chi connectivity index (χ4v) is 2.29. The molecule has 82 valence electrons. The molecule has 1 aromatic rings. The molecule has 0 bridgehead atoms. The molecule has 4 nitrogen and oxygen atoms in total. The maximum Gasteiger partial charge on any atom is 0.283 e. The van der Waals surface area contributed by atoms with Gasteiger partial charge in [0.1, 0.15) is 0 Å². The first-order chi connectivity index (χ1) is 7.20. The van der Waals surface area contributed by atoms with Gasteiger partial charge in [0, 0.05) is 6.61 Å². The molecule has 2 rings (SSSR count). The number of halogens is 2. The van der Waals surface area contributed by atoms with Crippen LogP contribution in [0.2, 0.25) is 0 Å². The Labute approximate surface area is 115 Å². The fourth-order valence-electron chi connectivity index (χ4n) is 1.55. The molecule has 1 atom stereocenters. The molecule has 0 radical (unpaired) electrons. The predicted molar refractivity (Wildman–Crippen MR) is 72.8 cm³/mol. The second-order valence-electron chi connectivity index (χ2n) is 3.38. The molecule has 0 aliphatic carbocycles. The highest BCUT2D eigenvalue weighted by Gasteiger charge is 2.19. The van der Waals surface area contributed by atoms with Crippen molar-refractivity contribution in [2.75, 3.05) is 6.61 Å². The predicted octanol–water partition coefficient (Wildman–Crippen LogP) is 2.15. The fraction of sp³-hybridized carbons (Fsp3) is 0.556. The largest absolute Gasteiger partial charge is 0.356 e. The zero-order valence-corrected chi connectivity index (χ0v) is 12.3. The summed E-state index contributed by atoms with van der Waals surface area (Å²) in [5.74, 6) is 0. The minimum absolute atomic E-state index is 0.0469. The van der Waals surface area contributed by atoms with E-state index in [0.717, 1.165) is 33.0 Å². The standard InChI is InChI=1S/C9H10I2N2O2/c10-6-5-12-13(9(14)8(6)11)7-3-1-2-4-15-7/h5,7H,1-4H2. The number of hydrogen-bond donors (Lipinski definition) is 0. The summed E-state index contributed by atoms with van der Waals surface area (Å²) in [4.78, 5) is 11.9. The minimum atomic E-state index is -0.170. The molecule has 1 aromatic heterocycles. The van der Waals surface area contributed by atoms with Gasteiger partial charge < -0.3 is 4.74 Å². The van der Waals surface area contributed by atoms with Gasteiger partial charge in [0.05, 0.1) is 13.3 Å². The molecular formula is C9H10I2N2O2. The smallest absolute Gasteiger partial charge is 0.283 e. The van der Waals surface area contributed by atoms with Crippen LogP contribution in [0.15, 0.2) is 11.0 Å². The molecule has 1 fully saturated rings. The van der Waals surface area contributed by atoms with Crippen LogP contribution in [0.25, 0.3) is 0 Å². The van der Waals surface area contributed by atoms with Gasteiger partial charge in [0.25, 0.3) is 5.56 Å². The first-order valence-corrected chi connectivity index (χ1v) is 6.90. The van der Waals surface area contributed by atoms with Crippen molar-refractivity contribution >= 4 is 45.2 Å². The van der Waals surface area contributed by atoms with E-state index in [2.05, 4.69) is 50.3 Å². The van der Waals surface area contributed by atoms with E-state index >= 15 is 0 Å². The minimum Gasteiger partial charge on any atom is -0.356 e. The molecule has 1 aliphatic rings. The van der Waals surface area contributed by atoms with Crippen LogP contribution in [-0.4, -0.2) is 16.4 Å². The van der Waals surface area contributed by atoms with Crippen LogP contribution in [0.3, 0.4) is 0 Å². The van der Waals surface area contributed by atoms with Crippen LogP contribution < -0.4 is 5.56 Å². The number of aromatic nitrogens is 2. The van der Waals surface area contributed by atoms with Crippen molar-refractivity contribution in [3.05, 3.63) is 23.7 Å². The molecule has 0 spiro atoms. The lowest BCUT2D eigenvalue weighted by Gasteiger charge is -2.23. The second-order valence-corrected chi connectivity index (χ2v) is 5.62. The van der Waals surface area contributed by atoms with E-state index < -0.39 is 0 Å². The van der Waals surface area contributed by atoms with Gasteiger partial charge in [-0.15, -0.1) is 0 Å². The third-order valence-electron chi connectivity index (χ3n) is 2.33. The van der Waals surface area contributed by atoms with Crippen molar-refractivity contribution in [2.24, 2.45) is 0 Å². The molecule has 6 heteroatoms. The summed E-state index contributed by atoms with van der Waals surface area (Å²) in [5, 5.41) is 4.13. The van der Waals surface area contributed by atoms with Crippen LogP contribution >= 0.6 is 45.2 Å². The Kier molecular flexibility index (Phi) is 3.99. The van der Waals surface area contributed by atoms with E-state index in [1.54, 1.807) is 6.20 Å². The monoisotopic (exact) mass is 432 g/mol. The van der Waals surface area contributed by atoms with E-state index in [-0.39, 0.29) is 11.8 Å². The Balaban J connectivity index is 2.35. The normalized spacial score (nSPS) is 21.6. The number of rotatable bonds is 1. The van der Waals surface area contributed by atoms with Gasteiger partial charge in [0.15, 0.2) is 6.23 Å². The lowest BCUT2D eigenvalue weighted by molar-refractivity contribution is -0.0427. The van der Waals surface area contributed by atoms with Gasteiger partial charge in [-0.25, -0.2) is 0 Å². The van der Waals surface area contributed by atoms with Crippen LogP contribution in [0.4, 0.5) is 0 Å². The Morgan fingerprint density at radius 3 is 2.93 bits per heavy atom. The molecule has 0 amide bonds. The molecule has 2 heterocycles. The van der Waals surface area contributed by atoms with E-state index in [4.69, 9.17) is 4.74 Å². The summed E-state index contributed by atoms with van der Waals surface area (Å²) in [5.41, 5.74) is -0.0469. The van der Waals surface area contributed by atoms with Gasteiger partial charge in [-0.1, -0.05) is 0 Å². The van der Waals surface area contributed by atoms with Gasteiger partial charge in [-0.2, -0.15) is 9.78 Å². The molecule has 1 unspecified atom stereocenters. The first kappa shape index (κ1) is 11.8. The van der Waals surface area contributed by atoms with E-state index in [1.807, 2.05) is 0 Å². The third-order valence-corrected chi connectivity index (χ3v) is 5.22. The zero-order chi connectivity index (χ0) is 10.8. The number of ether oxygens (including phenoxy) is 1. The second kappa shape index (κ2) is 5.09. The van der Waals surface area contributed by atoms with Crippen molar-refractivity contribution in [1.29, 1.82) is 0 Å². The van der Waals surface area contributed by atoms with Crippen molar-refractivity contribution in [1.82, 2.24) is 9.78 Å². The summed E-state index contributed by atoms with van der Waals surface area (Å²) < 4.78 is 8.61. The van der Waals surface area contributed by atoms with Crippen molar-refractivity contribution < 1.29 is 4.74 Å². The van der Waals surface area contributed by atoms with Crippen LogP contribution in [0, 0.1) is 7.14 Å². The number of hydrogen-bond acceptors (Lipinski definition) is 3. The molecule has 0 aromatic carbocycles. The molecule has 0 N–H and O–H groups in total. The van der Waals surface area contributed by atoms with Crippen LogP contribution in [0.5, 0.6) is 0 Å². The van der Waals surface area contributed by atoms with Gasteiger partial charge >= 0.3 is 0 Å². The zero-order valence-electron chi connectivity index (χ0n) is 7.95. The number of nitrogens with zero attached hydrogens (tertiary/aromatic N) is 2. The summed E-state index contributed by atoms with van der Waals surface area (Å²) in [7, 11) is 0. The Morgan fingerprint density at radius 1 is 1.47 bits per heavy atom. The van der Waals surface area contributed by atoms with E-state index in [1.165, 1.54) is 4.68 Å². The highest BCUT2D eigenvalue weighted by Crippen LogP contribution is 2.20. The van der Waals surface area contributed by atoms with Crippen LogP contribution in [0.1, 0.15) is 25.5 Å². The topological polar surface area (TPSA) is 44.1 Å². The molecular weight excluding hydrogens is 422 g/mol. The molecule has 1 aliphatic heterocycles. The highest BCUT2D eigenvalue weighted by molar-refractivity contribution is 14.1. The first-order valence-electron chi connectivity index (χ1n) is 4.74. The third kappa shape index (κ3) is 2.52. The molecule has 0 saturated carbocycles. The van der Waals surface area contributed by atoms with Crippen molar-refractivity contribution in [3.63, 3.8) is 0 Å². The van der Waals surface area contributed by atoms with E-state index in [0.29, 0.717) is 0 Å². The lowest BCUT2D eigenvalue weighted by atomic mass is 10.2. The average Bonchev–Trinajstić information content (AvgIpc) is 2.27. The average molecular weight is 432 g/mol. The van der Waals surface area contributed by atoms with Gasteiger partial charge in [-0.05, 0) is 64.4 Å².